The number of aromatic hydroxyl groups is 1. The van der Waals surface area contributed by atoms with Gasteiger partial charge in [0.05, 0.1) is 10.7 Å². The number of hydrogen-bond donors (Lipinski definition) is 2. The SMILES string of the molecule is CCC(=O)Nc1cc(O)c(Cl)cc1N=Nc1nc(C)ns1. The molecule has 1 heterocycles. The van der Waals surface area contributed by atoms with Crippen LogP contribution < -0.4 is 5.32 Å². The lowest BCUT2D eigenvalue weighted by molar-refractivity contribution is -0.115. The lowest BCUT2D eigenvalue weighted by Gasteiger charge is -2.08. The van der Waals surface area contributed by atoms with Gasteiger partial charge in [0.2, 0.25) is 11.0 Å². The van der Waals surface area contributed by atoms with Crippen molar-refractivity contribution in [2.75, 3.05) is 5.32 Å². The molecule has 1 amide bonds. The predicted molar refractivity (Wildman–Crippen MR) is 80.9 cm³/mol. The van der Waals surface area contributed by atoms with E-state index in [-0.39, 0.29) is 16.7 Å². The normalized spacial score (nSPS) is 11.0. The summed E-state index contributed by atoms with van der Waals surface area (Å²) in [5.74, 6) is 0.255. The molecule has 2 rings (SSSR count). The lowest BCUT2D eigenvalue weighted by atomic mass is 10.2. The molecule has 0 aliphatic rings. The molecule has 0 radical (unpaired) electrons. The summed E-state index contributed by atoms with van der Waals surface area (Å²) < 4.78 is 3.99. The van der Waals surface area contributed by atoms with Gasteiger partial charge in [0.25, 0.3) is 0 Å². The number of nitrogens with zero attached hydrogens (tertiary/aromatic N) is 4. The number of phenols is 1. The fraction of sp³-hybridized carbons (Fsp3) is 0.250. The summed E-state index contributed by atoms with van der Waals surface area (Å²) in [7, 11) is 0. The predicted octanol–water partition coefficient (Wildman–Crippen LogP) is 3.97. The number of anilines is 1. The average molecular weight is 326 g/mol. The quantitative estimate of drug-likeness (QED) is 0.830. The van der Waals surface area contributed by atoms with Crippen molar-refractivity contribution in [2.24, 2.45) is 10.2 Å². The van der Waals surface area contributed by atoms with E-state index < -0.39 is 0 Å². The van der Waals surface area contributed by atoms with Crippen LogP contribution in [0.5, 0.6) is 5.75 Å². The first kappa shape index (κ1) is 15.3. The smallest absolute Gasteiger partial charge is 0.249 e. The summed E-state index contributed by atoms with van der Waals surface area (Å²) in [6.07, 6.45) is 0.301. The van der Waals surface area contributed by atoms with Crippen LogP contribution in [0.4, 0.5) is 16.5 Å². The van der Waals surface area contributed by atoms with Crippen LogP contribution in [0.1, 0.15) is 19.2 Å². The molecule has 0 aliphatic carbocycles. The van der Waals surface area contributed by atoms with Gasteiger partial charge >= 0.3 is 0 Å². The molecular weight excluding hydrogens is 314 g/mol. The first-order valence-electron chi connectivity index (χ1n) is 6.04. The maximum atomic E-state index is 11.5. The molecule has 0 saturated carbocycles. The number of phenolic OH excluding ortho intramolecular Hbond substituents is 1. The molecule has 2 aromatic rings. The minimum absolute atomic E-state index is 0.117. The summed E-state index contributed by atoms with van der Waals surface area (Å²) in [4.78, 5) is 15.5. The van der Waals surface area contributed by atoms with Gasteiger partial charge < -0.3 is 10.4 Å². The number of carbonyl (C=O) groups is 1. The molecule has 0 aliphatic heterocycles. The van der Waals surface area contributed by atoms with Crippen LogP contribution in [0.2, 0.25) is 5.02 Å². The molecule has 21 heavy (non-hydrogen) atoms. The molecule has 0 fully saturated rings. The third-order valence-corrected chi connectivity index (χ3v) is 3.41. The van der Waals surface area contributed by atoms with E-state index in [1.165, 1.54) is 12.1 Å². The second-order valence-electron chi connectivity index (χ2n) is 4.05. The standard InChI is InChI=1S/C12H12ClN5O2S/c1-3-11(20)15-8-5-10(19)7(13)4-9(8)16-17-12-14-6(2)18-21-12/h4-5,19H,3H2,1-2H3,(H,15,20). The third kappa shape index (κ3) is 3.96. The van der Waals surface area contributed by atoms with Gasteiger partial charge in [0.15, 0.2) is 0 Å². The van der Waals surface area contributed by atoms with Gasteiger partial charge in [-0.25, -0.2) is 4.98 Å². The molecule has 0 spiro atoms. The molecule has 0 saturated heterocycles. The zero-order valence-corrected chi connectivity index (χ0v) is 12.9. The number of nitrogens with one attached hydrogen (secondary N) is 1. The molecule has 7 nitrogen and oxygen atoms in total. The number of azo groups is 1. The van der Waals surface area contributed by atoms with Crippen LogP contribution in [-0.2, 0) is 4.79 Å². The largest absolute Gasteiger partial charge is 0.506 e. The second-order valence-corrected chi connectivity index (χ2v) is 5.18. The number of aryl methyl sites for hydroxylation is 1. The number of benzene rings is 1. The highest BCUT2D eigenvalue weighted by atomic mass is 35.5. The number of rotatable bonds is 4. The van der Waals surface area contributed by atoms with Gasteiger partial charge in [-0.05, 0) is 13.0 Å². The van der Waals surface area contributed by atoms with Crippen molar-refractivity contribution in [2.45, 2.75) is 20.3 Å². The Morgan fingerprint density at radius 3 is 2.86 bits per heavy atom. The Hall–Kier alpha value is -2.06. The van der Waals surface area contributed by atoms with Gasteiger partial charge in [-0.2, -0.15) is 4.37 Å². The number of amides is 1. The third-order valence-electron chi connectivity index (χ3n) is 2.42. The average Bonchev–Trinajstić information content (AvgIpc) is 2.86. The monoisotopic (exact) mass is 325 g/mol. The Bertz CT molecular complexity index is 701. The van der Waals surface area contributed by atoms with Gasteiger partial charge in [-0.15, -0.1) is 10.2 Å². The Morgan fingerprint density at radius 2 is 2.24 bits per heavy atom. The number of aromatic nitrogens is 2. The van der Waals surface area contributed by atoms with Crippen LogP contribution >= 0.6 is 23.1 Å². The van der Waals surface area contributed by atoms with E-state index in [1.807, 2.05) is 0 Å². The molecule has 0 atom stereocenters. The van der Waals surface area contributed by atoms with E-state index >= 15 is 0 Å². The molecule has 110 valence electrons. The van der Waals surface area contributed by atoms with E-state index in [0.717, 1.165) is 11.5 Å². The molecule has 0 bridgehead atoms. The maximum Gasteiger partial charge on any atom is 0.249 e. The Morgan fingerprint density at radius 1 is 1.48 bits per heavy atom. The molecular formula is C12H12ClN5O2S. The van der Waals surface area contributed by atoms with E-state index in [1.54, 1.807) is 13.8 Å². The number of halogens is 1. The van der Waals surface area contributed by atoms with Gasteiger partial charge in [-0.3, -0.25) is 4.79 Å². The van der Waals surface area contributed by atoms with Crippen LogP contribution in [0.3, 0.4) is 0 Å². The van der Waals surface area contributed by atoms with Gasteiger partial charge in [0.1, 0.15) is 17.3 Å². The van der Waals surface area contributed by atoms with E-state index in [4.69, 9.17) is 11.6 Å². The van der Waals surface area contributed by atoms with Crippen LogP contribution in [0.15, 0.2) is 22.4 Å². The van der Waals surface area contributed by atoms with Crippen molar-refractivity contribution >= 4 is 45.5 Å². The minimum atomic E-state index is -0.208. The lowest BCUT2D eigenvalue weighted by Crippen LogP contribution is -2.09. The van der Waals surface area contributed by atoms with Crippen molar-refractivity contribution in [3.8, 4) is 5.75 Å². The van der Waals surface area contributed by atoms with Crippen LogP contribution in [0.25, 0.3) is 0 Å². The van der Waals surface area contributed by atoms with E-state index in [9.17, 15) is 9.90 Å². The van der Waals surface area contributed by atoms with Gasteiger partial charge in [0, 0.05) is 24.0 Å². The van der Waals surface area contributed by atoms with Crippen molar-refractivity contribution in [1.82, 2.24) is 9.36 Å². The highest BCUT2D eigenvalue weighted by Crippen LogP contribution is 2.36. The van der Waals surface area contributed by atoms with Crippen LogP contribution in [0, 0.1) is 6.92 Å². The zero-order valence-electron chi connectivity index (χ0n) is 11.3. The van der Waals surface area contributed by atoms with Crippen molar-refractivity contribution in [3.05, 3.63) is 23.0 Å². The number of carbonyl (C=O) groups excluding carboxylic acids is 1. The van der Waals surface area contributed by atoms with Crippen molar-refractivity contribution in [3.63, 3.8) is 0 Å². The fourth-order valence-electron chi connectivity index (χ4n) is 1.40. The van der Waals surface area contributed by atoms with Crippen molar-refractivity contribution < 1.29 is 9.90 Å². The molecule has 9 heteroatoms. The van der Waals surface area contributed by atoms with Gasteiger partial charge in [-0.1, -0.05) is 18.5 Å². The molecule has 2 N–H and O–H groups in total. The molecule has 0 unspecified atom stereocenters. The summed E-state index contributed by atoms with van der Waals surface area (Å²) >= 11 is 6.96. The zero-order chi connectivity index (χ0) is 15.4. The Balaban J connectivity index is 2.34. The topological polar surface area (TPSA) is 99.8 Å². The molecule has 1 aromatic carbocycles. The Labute approximate surface area is 129 Å². The van der Waals surface area contributed by atoms with Crippen LogP contribution in [-0.4, -0.2) is 20.4 Å². The van der Waals surface area contributed by atoms with E-state index in [2.05, 4.69) is 24.9 Å². The fourth-order valence-corrected chi connectivity index (χ4v) is 2.06. The summed E-state index contributed by atoms with van der Waals surface area (Å²) in [5, 5.41) is 20.7. The highest BCUT2D eigenvalue weighted by Gasteiger charge is 2.10. The second kappa shape index (κ2) is 6.59. The summed E-state index contributed by atoms with van der Waals surface area (Å²) in [5.41, 5.74) is 0.654. The minimum Gasteiger partial charge on any atom is -0.506 e. The number of hydrogen-bond acceptors (Lipinski definition) is 7. The van der Waals surface area contributed by atoms with Crippen molar-refractivity contribution in [1.29, 1.82) is 0 Å². The Kier molecular flexibility index (Phi) is 4.81. The summed E-state index contributed by atoms with van der Waals surface area (Å²) in [6.45, 7) is 3.47. The maximum absolute atomic E-state index is 11.5. The first-order chi connectivity index (χ1) is 9.99. The first-order valence-corrected chi connectivity index (χ1v) is 7.19. The highest BCUT2D eigenvalue weighted by molar-refractivity contribution is 7.09. The van der Waals surface area contributed by atoms with E-state index in [0.29, 0.717) is 28.8 Å². The molecule has 1 aromatic heterocycles. The summed E-state index contributed by atoms with van der Waals surface area (Å²) in [6, 6.07) is 2.75.